The molecular weight excluding hydrogens is 406 g/mol. The highest BCUT2D eigenvalue weighted by atomic mass is 16.5. The molecule has 0 atom stereocenters. The standard InChI is InChI=1S/C25H23N3O4/c1-3-31-22-12-8-7-11-21(22)28-24(30)20-13-19-17(15-29)14-26-16(2)23(19)32-25(20)27-18-9-5-4-6-10-18/h4-14,29H,3,15H2,1-2H3,(H,28,30). The third-order valence-electron chi connectivity index (χ3n) is 4.89. The first kappa shape index (κ1) is 21.3. The summed E-state index contributed by atoms with van der Waals surface area (Å²) in [7, 11) is 0. The third-order valence-corrected chi connectivity index (χ3v) is 4.89. The molecule has 0 fully saturated rings. The Morgan fingerprint density at radius 3 is 2.66 bits per heavy atom. The number of aryl methyl sites for hydroxylation is 1. The van der Waals surface area contributed by atoms with Gasteiger partial charge in [0.2, 0.25) is 5.55 Å². The Balaban J connectivity index is 1.89. The Kier molecular flexibility index (Phi) is 6.28. The molecule has 0 spiro atoms. The molecule has 7 heteroatoms. The molecule has 0 saturated carbocycles. The first-order valence-corrected chi connectivity index (χ1v) is 10.3. The average Bonchev–Trinajstić information content (AvgIpc) is 2.81. The van der Waals surface area contributed by atoms with Crippen molar-refractivity contribution in [3.63, 3.8) is 0 Å². The van der Waals surface area contributed by atoms with Gasteiger partial charge in [-0.25, -0.2) is 4.99 Å². The van der Waals surface area contributed by atoms with Gasteiger partial charge in [-0.3, -0.25) is 9.78 Å². The minimum atomic E-state index is -0.407. The van der Waals surface area contributed by atoms with Gasteiger partial charge in [0.1, 0.15) is 11.3 Å². The van der Waals surface area contributed by atoms with Crippen molar-refractivity contribution in [2.24, 2.45) is 4.99 Å². The van der Waals surface area contributed by atoms with Crippen molar-refractivity contribution < 1.29 is 19.1 Å². The number of aromatic nitrogens is 1. The van der Waals surface area contributed by atoms with E-state index >= 15 is 0 Å². The highest BCUT2D eigenvalue weighted by Gasteiger charge is 2.17. The Morgan fingerprint density at radius 1 is 1.16 bits per heavy atom. The molecule has 2 N–H and O–H groups in total. The van der Waals surface area contributed by atoms with E-state index in [-0.39, 0.29) is 17.7 Å². The molecule has 7 nitrogen and oxygen atoms in total. The highest BCUT2D eigenvalue weighted by Crippen LogP contribution is 2.25. The molecule has 0 saturated heterocycles. The monoisotopic (exact) mass is 429 g/mol. The Hall–Kier alpha value is -3.97. The molecule has 0 aliphatic heterocycles. The van der Waals surface area contributed by atoms with Gasteiger partial charge in [-0.1, -0.05) is 30.3 Å². The Labute approximate surface area is 185 Å². The fourth-order valence-corrected chi connectivity index (χ4v) is 3.32. The topological polar surface area (TPSA) is 97.0 Å². The lowest BCUT2D eigenvalue weighted by Gasteiger charge is -2.12. The minimum absolute atomic E-state index is 0.148. The summed E-state index contributed by atoms with van der Waals surface area (Å²) in [5, 5.41) is 13.3. The van der Waals surface area contributed by atoms with Crippen LogP contribution in [-0.4, -0.2) is 22.6 Å². The van der Waals surface area contributed by atoms with Gasteiger partial charge in [0.25, 0.3) is 5.91 Å². The number of ether oxygens (including phenoxy) is 1. The Morgan fingerprint density at radius 2 is 1.91 bits per heavy atom. The maximum atomic E-state index is 13.3. The molecule has 0 radical (unpaired) electrons. The number of benzene rings is 2. The minimum Gasteiger partial charge on any atom is -0.492 e. The molecule has 162 valence electrons. The van der Waals surface area contributed by atoms with Crippen LogP contribution in [0.15, 0.2) is 76.3 Å². The van der Waals surface area contributed by atoms with Gasteiger partial charge in [-0.2, -0.15) is 0 Å². The smallest absolute Gasteiger partial charge is 0.261 e. The Bertz CT molecular complexity index is 1330. The van der Waals surface area contributed by atoms with Crippen LogP contribution >= 0.6 is 0 Å². The van der Waals surface area contributed by atoms with E-state index in [1.54, 1.807) is 31.3 Å². The van der Waals surface area contributed by atoms with E-state index in [1.807, 2.05) is 49.4 Å². The summed E-state index contributed by atoms with van der Waals surface area (Å²) in [4.78, 5) is 22.2. The number of amides is 1. The molecule has 32 heavy (non-hydrogen) atoms. The van der Waals surface area contributed by atoms with Crippen LogP contribution in [-0.2, 0) is 6.61 Å². The number of para-hydroxylation sites is 3. The van der Waals surface area contributed by atoms with E-state index in [9.17, 15) is 9.90 Å². The lowest BCUT2D eigenvalue weighted by atomic mass is 10.1. The maximum Gasteiger partial charge on any atom is 0.261 e. The zero-order valence-corrected chi connectivity index (χ0v) is 17.8. The number of nitrogens with zero attached hydrogens (tertiary/aromatic N) is 2. The number of fused-ring (bicyclic) bond motifs is 1. The molecular formula is C25H23N3O4. The van der Waals surface area contributed by atoms with Crippen LogP contribution < -0.4 is 15.6 Å². The number of hydrogen-bond donors (Lipinski definition) is 2. The van der Waals surface area contributed by atoms with E-state index < -0.39 is 5.91 Å². The van der Waals surface area contributed by atoms with E-state index in [0.717, 1.165) is 0 Å². The summed E-state index contributed by atoms with van der Waals surface area (Å²) in [6.07, 6.45) is 1.58. The van der Waals surface area contributed by atoms with Crippen molar-refractivity contribution in [1.29, 1.82) is 0 Å². The van der Waals surface area contributed by atoms with Gasteiger partial charge < -0.3 is 19.6 Å². The van der Waals surface area contributed by atoms with Crippen LogP contribution in [0.5, 0.6) is 5.75 Å². The van der Waals surface area contributed by atoms with Gasteiger partial charge in [0, 0.05) is 17.1 Å². The molecule has 0 aliphatic rings. The maximum absolute atomic E-state index is 13.3. The van der Waals surface area contributed by atoms with Crippen molar-refractivity contribution in [2.45, 2.75) is 20.5 Å². The number of carbonyl (C=O) groups excluding carboxylic acids is 1. The van der Waals surface area contributed by atoms with Gasteiger partial charge >= 0.3 is 0 Å². The van der Waals surface area contributed by atoms with E-state index in [2.05, 4.69) is 15.3 Å². The zero-order valence-electron chi connectivity index (χ0n) is 17.8. The first-order valence-electron chi connectivity index (χ1n) is 10.3. The van der Waals surface area contributed by atoms with Crippen molar-refractivity contribution in [3.8, 4) is 5.75 Å². The van der Waals surface area contributed by atoms with Crippen molar-refractivity contribution in [3.05, 3.63) is 89.2 Å². The molecule has 0 bridgehead atoms. The van der Waals surface area contributed by atoms with Crippen LogP contribution in [0.3, 0.4) is 0 Å². The third kappa shape index (κ3) is 4.38. The molecule has 4 rings (SSSR count). The highest BCUT2D eigenvalue weighted by molar-refractivity contribution is 6.06. The molecule has 0 unspecified atom stereocenters. The fourth-order valence-electron chi connectivity index (χ4n) is 3.32. The largest absolute Gasteiger partial charge is 0.492 e. The lowest BCUT2D eigenvalue weighted by Crippen LogP contribution is -2.22. The molecule has 0 aliphatic carbocycles. The van der Waals surface area contributed by atoms with Crippen LogP contribution in [0.2, 0.25) is 0 Å². The van der Waals surface area contributed by atoms with Gasteiger partial charge in [-0.05, 0) is 44.2 Å². The fraction of sp³-hybridized carbons (Fsp3) is 0.160. The molecule has 2 aromatic heterocycles. The van der Waals surface area contributed by atoms with Crippen molar-refractivity contribution in [2.75, 3.05) is 11.9 Å². The second-order valence-electron chi connectivity index (χ2n) is 7.07. The van der Waals surface area contributed by atoms with Gasteiger partial charge in [-0.15, -0.1) is 0 Å². The summed E-state index contributed by atoms with van der Waals surface area (Å²) < 4.78 is 11.7. The summed E-state index contributed by atoms with van der Waals surface area (Å²) in [6.45, 7) is 3.92. The number of hydrogen-bond acceptors (Lipinski definition) is 6. The quantitative estimate of drug-likeness (QED) is 0.470. The summed E-state index contributed by atoms with van der Waals surface area (Å²) in [5.74, 6) is 0.162. The van der Waals surface area contributed by atoms with Crippen LogP contribution in [0.25, 0.3) is 11.0 Å². The second-order valence-corrected chi connectivity index (χ2v) is 7.07. The van der Waals surface area contributed by atoms with E-state index in [4.69, 9.17) is 9.15 Å². The SMILES string of the molecule is CCOc1ccccc1NC(=O)c1cc2c(CO)cnc(C)c2oc1=Nc1ccccc1. The number of anilines is 1. The van der Waals surface area contributed by atoms with Crippen LogP contribution in [0.1, 0.15) is 28.5 Å². The molecule has 1 amide bonds. The summed E-state index contributed by atoms with van der Waals surface area (Å²) >= 11 is 0. The first-order chi connectivity index (χ1) is 15.6. The molecule has 2 heterocycles. The summed E-state index contributed by atoms with van der Waals surface area (Å²) in [6, 6.07) is 18.1. The van der Waals surface area contributed by atoms with Gasteiger partial charge in [0.05, 0.1) is 30.3 Å². The number of nitrogens with one attached hydrogen (secondary N) is 1. The number of aliphatic hydroxyl groups excluding tert-OH is 1. The van der Waals surface area contributed by atoms with Crippen molar-refractivity contribution >= 4 is 28.3 Å². The number of carbonyl (C=O) groups is 1. The molecule has 2 aromatic carbocycles. The normalized spacial score (nSPS) is 11.5. The van der Waals surface area contributed by atoms with Crippen LogP contribution in [0, 0.1) is 6.92 Å². The number of rotatable bonds is 6. The lowest BCUT2D eigenvalue weighted by molar-refractivity contribution is 0.102. The zero-order chi connectivity index (χ0) is 22.5. The predicted octanol–water partition coefficient (Wildman–Crippen LogP) is 4.51. The van der Waals surface area contributed by atoms with Gasteiger partial charge in [0.15, 0.2) is 5.58 Å². The van der Waals surface area contributed by atoms with Crippen LogP contribution in [0.4, 0.5) is 11.4 Å². The van der Waals surface area contributed by atoms with Crippen molar-refractivity contribution in [1.82, 2.24) is 4.98 Å². The van der Waals surface area contributed by atoms with E-state index in [0.29, 0.717) is 46.0 Å². The number of aliphatic hydroxyl groups is 1. The number of pyridine rings is 1. The molecule has 4 aromatic rings. The second kappa shape index (κ2) is 9.45. The summed E-state index contributed by atoms with van der Waals surface area (Å²) in [5.41, 5.74) is 3.22. The van der Waals surface area contributed by atoms with E-state index in [1.165, 1.54) is 0 Å². The predicted molar refractivity (Wildman–Crippen MR) is 122 cm³/mol. The average molecular weight is 429 g/mol.